The Bertz CT molecular complexity index is 1070. The van der Waals surface area contributed by atoms with E-state index in [1.807, 2.05) is 31.2 Å². The summed E-state index contributed by atoms with van der Waals surface area (Å²) in [6.07, 6.45) is -4.98. The molecule has 4 heteroatoms. The van der Waals surface area contributed by atoms with Crippen molar-refractivity contribution < 1.29 is 13.2 Å². The lowest BCUT2D eigenvalue weighted by atomic mass is 9.92. The van der Waals surface area contributed by atoms with Crippen LogP contribution >= 0.6 is 0 Å². The van der Waals surface area contributed by atoms with Gasteiger partial charge in [0.25, 0.3) is 0 Å². The van der Waals surface area contributed by atoms with Crippen LogP contribution in [0.2, 0.25) is 0 Å². The zero-order valence-electron chi connectivity index (χ0n) is 15.5. The molecule has 0 unspecified atom stereocenters. The number of aryl methyl sites for hydroxylation is 4. The molecule has 1 nitrogen and oxygen atoms in total. The Balaban J connectivity index is 1.88. The van der Waals surface area contributed by atoms with Crippen LogP contribution in [0.15, 0.2) is 47.5 Å². The molecule has 0 saturated carbocycles. The van der Waals surface area contributed by atoms with Crippen LogP contribution in [0, 0.1) is 20.8 Å². The Kier molecular flexibility index (Phi) is 4.10. The van der Waals surface area contributed by atoms with E-state index >= 15 is 0 Å². The lowest BCUT2D eigenvalue weighted by molar-refractivity contribution is -0.133. The second-order valence-corrected chi connectivity index (χ2v) is 7.38. The van der Waals surface area contributed by atoms with E-state index in [2.05, 4.69) is 32.0 Å². The lowest BCUT2D eigenvalue weighted by Crippen LogP contribution is -2.09. The van der Waals surface area contributed by atoms with Gasteiger partial charge in [0.15, 0.2) is 0 Å². The highest BCUT2D eigenvalue weighted by Gasteiger charge is 2.28. The van der Waals surface area contributed by atoms with Gasteiger partial charge in [-0.05, 0) is 55.8 Å². The first kappa shape index (κ1) is 17.8. The molecule has 0 aliphatic carbocycles. The van der Waals surface area contributed by atoms with Crippen molar-refractivity contribution in [3.63, 3.8) is 0 Å². The molecule has 27 heavy (non-hydrogen) atoms. The fourth-order valence-electron chi connectivity index (χ4n) is 4.01. The quantitative estimate of drug-likeness (QED) is 0.380. The summed E-state index contributed by atoms with van der Waals surface area (Å²) in [5, 5.41) is 1.85. The monoisotopic (exact) mass is 367 g/mol. The van der Waals surface area contributed by atoms with E-state index in [0.29, 0.717) is 0 Å². The van der Waals surface area contributed by atoms with Gasteiger partial charge in [-0.2, -0.15) is 13.2 Å². The number of alkyl halides is 3. The van der Waals surface area contributed by atoms with Gasteiger partial charge in [0.1, 0.15) is 0 Å². The highest BCUT2D eigenvalue weighted by Crippen LogP contribution is 2.42. The minimum absolute atomic E-state index is 0.0105. The average molecular weight is 367 g/mol. The summed E-state index contributed by atoms with van der Waals surface area (Å²) < 4.78 is 38.2. The van der Waals surface area contributed by atoms with Crippen LogP contribution in [0.5, 0.6) is 0 Å². The van der Waals surface area contributed by atoms with Gasteiger partial charge < -0.3 is 0 Å². The van der Waals surface area contributed by atoms with Crippen LogP contribution in [-0.4, -0.2) is 11.9 Å². The molecule has 0 amide bonds. The predicted molar refractivity (Wildman–Crippen MR) is 104 cm³/mol. The van der Waals surface area contributed by atoms with Gasteiger partial charge in [0, 0.05) is 22.9 Å². The molecule has 4 rings (SSSR count). The number of nitrogens with zero attached hydrogens (tertiary/aromatic N) is 1. The zero-order valence-corrected chi connectivity index (χ0v) is 15.5. The SMILES string of the molecule is Cc1cc(C)cc(C2=Nc3c(C)cc(CCC(F)(F)F)c4cccc2c34)c1. The summed E-state index contributed by atoms with van der Waals surface area (Å²) in [5.41, 5.74) is 7.83. The molecule has 3 aromatic rings. The third kappa shape index (κ3) is 3.25. The largest absolute Gasteiger partial charge is 0.389 e. The molecule has 0 spiro atoms. The van der Waals surface area contributed by atoms with Crippen molar-refractivity contribution in [1.82, 2.24) is 0 Å². The van der Waals surface area contributed by atoms with Crippen molar-refractivity contribution in [2.24, 2.45) is 4.99 Å². The van der Waals surface area contributed by atoms with Gasteiger partial charge in [0.05, 0.1) is 11.4 Å². The summed E-state index contributed by atoms with van der Waals surface area (Å²) >= 11 is 0. The lowest BCUT2D eigenvalue weighted by Gasteiger charge is -2.12. The van der Waals surface area contributed by atoms with Gasteiger partial charge in [-0.1, -0.05) is 41.5 Å². The minimum atomic E-state index is -4.16. The van der Waals surface area contributed by atoms with Crippen molar-refractivity contribution in [3.8, 4) is 0 Å². The smallest absolute Gasteiger partial charge is 0.247 e. The van der Waals surface area contributed by atoms with E-state index in [4.69, 9.17) is 4.99 Å². The molecule has 138 valence electrons. The van der Waals surface area contributed by atoms with E-state index < -0.39 is 12.6 Å². The standard InChI is InChI=1S/C23H20F3N/c1-13-9-14(2)11-17(10-13)22-19-6-4-5-18-16(7-8-23(24,25)26)12-15(3)21(27-22)20(18)19/h4-6,9-12H,7-8H2,1-3H3. The van der Waals surface area contributed by atoms with E-state index in [-0.39, 0.29) is 6.42 Å². The normalized spacial score (nSPS) is 13.3. The molecule has 1 aliphatic rings. The summed E-state index contributed by atoms with van der Waals surface area (Å²) in [6, 6.07) is 14.0. The molecular formula is C23H20F3N. The van der Waals surface area contributed by atoms with Gasteiger partial charge in [-0.25, -0.2) is 4.99 Å². The molecule has 0 atom stereocenters. The third-order valence-electron chi connectivity index (χ3n) is 5.06. The van der Waals surface area contributed by atoms with Crippen LogP contribution in [0.3, 0.4) is 0 Å². The number of hydrogen-bond donors (Lipinski definition) is 0. The molecule has 0 aromatic heterocycles. The first-order valence-corrected chi connectivity index (χ1v) is 9.02. The summed E-state index contributed by atoms with van der Waals surface area (Å²) in [5.74, 6) is 0. The van der Waals surface area contributed by atoms with Crippen molar-refractivity contribution in [3.05, 3.63) is 75.8 Å². The van der Waals surface area contributed by atoms with Gasteiger partial charge in [0.2, 0.25) is 0 Å². The predicted octanol–water partition coefficient (Wildman–Crippen LogP) is 6.74. The molecule has 0 fully saturated rings. The molecule has 0 radical (unpaired) electrons. The third-order valence-corrected chi connectivity index (χ3v) is 5.06. The molecule has 0 N–H and O–H groups in total. The first-order chi connectivity index (χ1) is 12.7. The first-order valence-electron chi connectivity index (χ1n) is 9.02. The number of benzene rings is 3. The fourth-order valence-corrected chi connectivity index (χ4v) is 4.01. The van der Waals surface area contributed by atoms with E-state index in [1.165, 1.54) is 11.1 Å². The Morgan fingerprint density at radius 3 is 2.30 bits per heavy atom. The van der Waals surface area contributed by atoms with Crippen molar-refractivity contribution in [1.29, 1.82) is 0 Å². The van der Waals surface area contributed by atoms with Crippen LogP contribution in [0.1, 0.15) is 39.8 Å². The van der Waals surface area contributed by atoms with E-state index in [0.717, 1.165) is 44.4 Å². The maximum Gasteiger partial charge on any atom is 0.389 e. The van der Waals surface area contributed by atoms with Crippen molar-refractivity contribution in [2.75, 3.05) is 0 Å². The molecule has 0 saturated heterocycles. The van der Waals surface area contributed by atoms with Crippen LogP contribution < -0.4 is 0 Å². The summed E-state index contributed by atoms with van der Waals surface area (Å²) in [4.78, 5) is 4.89. The zero-order chi connectivity index (χ0) is 19.3. The number of hydrogen-bond acceptors (Lipinski definition) is 1. The second-order valence-electron chi connectivity index (χ2n) is 7.38. The molecular weight excluding hydrogens is 347 g/mol. The van der Waals surface area contributed by atoms with E-state index in [9.17, 15) is 13.2 Å². The Morgan fingerprint density at radius 2 is 1.63 bits per heavy atom. The molecule has 3 aromatic carbocycles. The fraction of sp³-hybridized carbons (Fsp3) is 0.261. The minimum Gasteiger partial charge on any atom is -0.247 e. The Labute approximate surface area is 156 Å². The molecule has 0 bridgehead atoms. The number of halogens is 3. The Morgan fingerprint density at radius 1 is 0.926 bits per heavy atom. The van der Waals surface area contributed by atoms with Crippen molar-refractivity contribution >= 4 is 22.2 Å². The van der Waals surface area contributed by atoms with Crippen LogP contribution in [0.25, 0.3) is 10.8 Å². The van der Waals surface area contributed by atoms with Crippen molar-refractivity contribution in [2.45, 2.75) is 39.8 Å². The summed E-state index contributed by atoms with van der Waals surface area (Å²) in [6.45, 7) is 6.04. The van der Waals surface area contributed by atoms with Crippen LogP contribution in [-0.2, 0) is 6.42 Å². The maximum absolute atomic E-state index is 12.7. The summed E-state index contributed by atoms with van der Waals surface area (Å²) in [7, 11) is 0. The van der Waals surface area contributed by atoms with Crippen LogP contribution in [0.4, 0.5) is 18.9 Å². The highest BCUT2D eigenvalue weighted by atomic mass is 19.4. The number of aliphatic imine (C=N–C) groups is 1. The Hall–Kier alpha value is -2.62. The topological polar surface area (TPSA) is 12.4 Å². The second kappa shape index (κ2) is 6.22. The average Bonchev–Trinajstić information content (AvgIpc) is 2.96. The molecule has 1 heterocycles. The highest BCUT2D eigenvalue weighted by molar-refractivity contribution is 6.27. The maximum atomic E-state index is 12.7. The van der Waals surface area contributed by atoms with E-state index in [1.54, 1.807) is 0 Å². The van der Waals surface area contributed by atoms with Gasteiger partial charge in [-0.15, -0.1) is 0 Å². The van der Waals surface area contributed by atoms with Gasteiger partial charge in [-0.3, -0.25) is 0 Å². The number of rotatable bonds is 3. The van der Waals surface area contributed by atoms with Gasteiger partial charge >= 0.3 is 6.18 Å². The molecule has 1 aliphatic heterocycles.